The number of amides is 1. The van der Waals surface area contributed by atoms with Gasteiger partial charge in [0.05, 0.1) is 12.1 Å². The van der Waals surface area contributed by atoms with Gasteiger partial charge in [0.1, 0.15) is 0 Å². The van der Waals surface area contributed by atoms with Crippen LogP contribution in [-0.2, 0) is 4.79 Å². The lowest BCUT2D eigenvalue weighted by Crippen LogP contribution is -2.43. The Morgan fingerprint density at radius 2 is 2.29 bits per heavy atom. The molecular weight excluding hydrogens is 180 g/mol. The summed E-state index contributed by atoms with van der Waals surface area (Å²) in [4.78, 5) is 11.3. The van der Waals surface area contributed by atoms with Crippen LogP contribution in [0, 0.1) is 5.92 Å². The summed E-state index contributed by atoms with van der Waals surface area (Å²) in [6.45, 7) is 2.34. The largest absolute Gasteiger partial charge is 0.391 e. The Bertz CT molecular complexity index is 193. The molecule has 1 fully saturated rings. The van der Waals surface area contributed by atoms with Crippen molar-refractivity contribution in [1.29, 1.82) is 0 Å². The van der Waals surface area contributed by atoms with Crippen molar-refractivity contribution in [1.82, 2.24) is 5.32 Å². The number of carbonyl (C=O) groups is 1. The standard InChI is InChI=1S/C10H20N2O2/c1-2-3-8(11)10(14)12-6-9(13)7-4-5-7/h7-9,13H,2-6,11H2,1H3,(H,12,14)/t8-,9?/m0/s1. The van der Waals surface area contributed by atoms with Crippen molar-refractivity contribution in [3.8, 4) is 0 Å². The predicted molar refractivity (Wildman–Crippen MR) is 54.6 cm³/mol. The van der Waals surface area contributed by atoms with Crippen LogP contribution in [-0.4, -0.2) is 29.7 Å². The number of rotatable bonds is 6. The van der Waals surface area contributed by atoms with Gasteiger partial charge < -0.3 is 16.2 Å². The summed E-state index contributed by atoms with van der Waals surface area (Å²) in [6, 6.07) is -0.425. The van der Waals surface area contributed by atoms with Crippen molar-refractivity contribution >= 4 is 5.91 Å². The minimum Gasteiger partial charge on any atom is -0.391 e. The van der Waals surface area contributed by atoms with Crippen molar-refractivity contribution in [2.24, 2.45) is 11.7 Å². The zero-order valence-corrected chi connectivity index (χ0v) is 8.70. The van der Waals surface area contributed by atoms with Crippen LogP contribution in [0.5, 0.6) is 0 Å². The molecule has 0 spiro atoms. The number of hydrogen-bond donors (Lipinski definition) is 3. The third-order valence-electron chi connectivity index (χ3n) is 2.59. The van der Waals surface area contributed by atoms with Gasteiger partial charge in [-0.05, 0) is 25.2 Å². The number of nitrogens with two attached hydrogens (primary N) is 1. The molecule has 0 radical (unpaired) electrons. The first-order valence-corrected chi connectivity index (χ1v) is 5.36. The number of hydrogen-bond acceptors (Lipinski definition) is 3. The Hall–Kier alpha value is -0.610. The smallest absolute Gasteiger partial charge is 0.237 e. The average molecular weight is 200 g/mol. The molecule has 0 aliphatic heterocycles. The molecule has 0 aromatic rings. The van der Waals surface area contributed by atoms with Crippen LogP contribution in [0.15, 0.2) is 0 Å². The van der Waals surface area contributed by atoms with Crippen LogP contribution in [0.1, 0.15) is 32.6 Å². The molecule has 1 unspecified atom stereocenters. The van der Waals surface area contributed by atoms with Gasteiger partial charge in [-0.1, -0.05) is 13.3 Å². The molecule has 82 valence electrons. The van der Waals surface area contributed by atoms with Gasteiger partial charge in [0.2, 0.25) is 5.91 Å². The highest BCUT2D eigenvalue weighted by atomic mass is 16.3. The van der Waals surface area contributed by atoms with Crippen molar-refractivity contribution in [3.05, 3.63) is 0 Å². The van der Waals surface area contributed by atoms with E-state index in [4.69, 9.17) is 5.73 Å². The van der Waals surface area contributed by atoms with Crippen LogP contribution in [0.25, 0.3) is 0 Å². The molecule has 1 aliphatic carbocycles. The van der Waals surface area contributed by atoms with Crippen molar-refractivity contribution in [3.63, 3.8) is 0 Å². The van der Waals surface area contributed by atoms with Crippen LogP contribution in [0.4, 0.5) is 0 Å². The summed E-state index contributed by atoms with van der Waals surface area (Å²) < 4.78 is 0. The molecule has 1 rings (SSSR count). The fraction of sp³-hybridized carbons (Fsp3) is 0.900. The van der Waals surface area contributed by atoms with E-state index in [1.54, 1.807) is 0 Å². The second-order valence-corrected chi connectivity index (χ2v) is 4.05. The molecule has 0 bridgehead atoms. The SMILES string of the molecule is CCC[C@H](N)C(=O)NCC(O)C1CC1. The molecule has 1 amide bonds. The first-order valence-electron chi connectivity index (χ1n) is 5.36. The Balaban J connectivity index is 2.12. The fourth-order valence-corrected chi connectivity index (χ4v) is 1.43. The Morgan fingerprint density at radius 3 is 2.79 bits per heavy atom. The molecular formula is C10H20N2O2. The topological polar surface area (TPSA) is 75.4 Å². The van der Waals surface area contributed by atoms with Crippen LogP contribution < -0.4 is 11.1 Å². The van der Waals surface area contributed by atoms with E-state index >= 15 is 0 Å². The lowest BCUT2D eigenvalue weighted by atomic mass is 10.1. The minimum atomic E-state index is -0.425. The first-order chi connectivity index (χ1) is 6.65. The summed E-state index contributed by atoms with van der Waals surface area (Å²) in [5.74, 6) is 0.254. The number of carbonyl (C=O) groups excluding carboxylic acids is 1. The maximum Gasteiger partial charge on any atom is 0.237 e. The van der Waals surface area contributed by atoms with Gasteiger partial charge in [0.25, 0.3) is 0 Å². The average Bonchev–Trinajstić information content (AvgIpc) is 2.97. The van der Waals surface area contributed by atoms with Crippen LogP contribution >= 0.6 is 0 Å². The maximum atomic E-state index is 11.3. The van der Waals surface area contributed by atoms with E-state index < -0.39 is 6.04 Å². The molecule has 1 saturated carbocycles. The van der Waals surface area contributed by atoms with E-state index in [-0.39, 0.29) is 12.0 Å². The second-order valence-electron chi connectivity index (χ2n) is 4.05. The van der Waals surface area contributed by atoms with Crippen LogP contribution in [0.2, 0.25) is 0 Å². The fourth-order valence-electron chi connectivity index (χ4n) is 1.43. The zero-order valence-electron chi connectivity index (χ0n) is 8.70. The molecule has 4 heteroatoms. The molecule has 0 saturated heterocycles. The first kappa shape index (κ1) is 11.5. The highest BCUT2D eigenvalue weighted by Crippen LogP contribution is 2.32. The van der Waals surface area contributed by atoms with Gasteiger partial charge in [0.15, 0.2) is 0 Å². The molecule has 14 heavy (non-hydrogen) atoms. The monoisotopic (exact) mass is 200 g/mol. The van der Waals surface area contributed by atoms with Crippen LogP contribution in [0.3, 0.4) is 0 Å². The van der Waals surface area contributed by atoms with E-state index in [1.165, 1.54) is 0 Å². The third-order valence-corrected chi connectivity index (χ3v) is 2.59. The summed E-state index contributed by atoms with van der Waals surface area (Å²) in [5.41, 5.74) is 5.61. The van der Waals surface area contributed by atoms with E-state index in [2.05, 4.69) is 5.32 Å². The van der Waals surface area contributed by atoms with Gasteiger partial charge in [-0.15, -0.1) is 0 Å². The zero-order chi connectivity index (χ0) is 10.6. The Morgan fingerprint density at radius 1 is 1.64 bits per heavy atom. The Labute approximate surface area is 84.9 Å². The summed E-state index contributed by atoms with van der Waals surface area (Å²) in [5, 5.41) is 12.2. The van der Waals surface area contributed by atoms with Crippen molar-refractivity contribution in [2.75, 3.05) is 6.54 Å². The highest BCUT2D eigenvalue weighted by Gasteiger charge is 2.29. The summed E-state index contributed by atoms with van der Waals surface area (Å²) in [6.07, 6.45) is 3.38. The molecule has 0 aromatic heterocycles. The molecule has 2 atom stereocenters. The lowest BCUT2D eigenvalue weighted by molar-refractivity contribution is -0.123. The third kappa shape index (κ3) is 3.64. The molecule has 0 aromatic carbocycles. The second kappa shape index (κ2) is 5.32. The number of nitrogens with one attached hydrogen (secondary N) is 1. The summed E-state index contributed by atoms with van der Waals surface area (Å²) >= 11 is 0. The number of aliphatic hydroxyl groups is 1. The normalized spacial score (nSPS) is 20.2. The van der Waals surface area contributed by atoms with E-state index in [9.17, 15) is 9.90 Å². The van der Waals surface area contributed by atoms with Gasteiger partial charge >= 0.3 is 0 Å². The Kier molecular flexibility index (Phi) is 4.35. The van der Waals surface area contributed by atoms with Gasteiger partial charge in [-0.3, -0.25) is 4.79 Å². The molecule has 0 heterocycles. The molecule has 4 nitrogen and oxygen atoms in total. The van der Waals surface area contributed by atoms with Gasteiger partial charge in [-0.2, -0.15) is 0 Å². The highest BCUT2D eigenvalue weighted by molar-refractivity contribution is 5.81. The minimum absolute atomic E-state index is 0.147. The molecule has 1 aliphatic rings. The summed E-state index contributed by atoms with van der Waals surface area (Å²) in [7, 11) is 0. The predicted octanol–water partition coefficient (Wildman–Crippen LogP) is 0.000900. The van der Waals surface area contributed by atoms with E-state index in [0.717, 1.165) is 19.3 Å². The number of aliphatic hydroxyl groups excluding tert-OH is 1. The molecule has 4 N–H and O–H groups in total. The van der Waals surface area contributed by atoms with E-state index in [0.29, 0.717) is 18.9 Å². The lowest BCUT2D eigenvalue weighted by Gasteiger charge is -2.14. The van der Waals surface area contributed by atoms with E-state index in [1.807, 2.05) is 6.92 Å². The maximum absolute atomic E-state index is 11.3. The van der Waals surface area contributed by atoms with Gasteiger partial charge in [0, 0.05) is 6.54 Å². The van der Waals surface area contributed by atoms with Gasteiger partial charge in [-0.25, -0.2) is 0 Å². The quantitative estimate of drug-likeness (QED) is 0.565. The van der Waals surface area contributed by atoms with Crippen molar-refractivity contribution in [2.45, 2.75) is 44.8 Å². The van der Waals surface area contributed by atoms with Crippen molar-refractivity contribution < 1.29 is 9.90 Å².